The van der Waals surface area contributed by atoms with Gasteiger partial charge in [0.1, 0.15) is 5.82 Å². The third-order valence-electron chi connectivity index (χ3n) is 7.51. The van der Waals surface area contributed by atoms with Crippen LogP contribution in [0.15, 0.2) is 42.3 Å². The molecule has 1 aromatic carbocycles. The van der Waals surface area contributed by atoms with Gasteiger partial charge in [-0.1, -0.05) is 6.58 Å². The number of rotatable bonds is 8. The Labute approximate surface area is 217 Å². The summed E-state index contributed by atoms with van der Waals surface area (Å²) in [6, 6.07) is 8.94. The van der Waals surface area contributed by atoms with Crippen LogP contribution in [-0.2, 0) is 4.79 Å². The first-order chi connectivity index (χ1) is 17.5. The molecule has 1 aliphatic carbocycles. The summed E-state index contributed by atoms with van der Waals surface area (Å²) in [6.07, 6.45) is 6.28. The van der Waals surface area contributed by atoms with E-state index in [1.54, 1.807) is 11.3 Å². The first-order valence-electron chi connectivity index (χ1n) is 13.0. The highest BCUT2D eigenvalue weighted by Crippen LogP contribution is 2.33. The van der Waals surface area contributed by atoms with E-state index in [0.29, 0.717) is 24.3 Å². The first kappa shape index (κ1) is 24.7. The Morgan fingerprint density at radius 3 is 2.64 bits per heavy atom. The lowest BCUT2D eigenvalue weighted by atomic mass is 9.83. The largest absolute Gasteiger partial charge is 0.369 e. The molecule has 190 valence electrons. The number of carbonyl (C=O) groups excluding carboxylic acids is 1. The number of nitrogens with one attached hydrogen (secondary N) is 2. The van der Waals surface area contributed by atoms with Gasteiger partial charge in [-0.15, -0.1) is 11.3 Å². The van der Waals surface area contributed by atoms with Crippen LogP contribution in [0.25, 0.3) is 10.2 Å². The predicted octanol–water partition coefficient (Wildman–Crippen LogP) is 5.61. The van der Waals surface area contributed by atoms with Crippen LogP contribution in [0.2, 0.25) is 0 Å². The highest BCUT2D eigenvalue weighted by atomic mass is 32.1. The maximum Gasteiger partial charge on any atom is 0.229 e. The second-order valence-corrected chi connectivity index (χ2v) is 11.1. The molecule has 2 aromatic heterocycles. The highest BCUT2D eigenvalue weighted by Gasteiger charge is 2.24. The number of thiophene rings is 1. The summed E-state index contributed by atoms with van der Waals surface area (Å²) < 4.78 is 1.09. The summed E-state index contributed by atoms with van der Waals surface area (Å²) in [5.74, 6) is 2.13. The van der Waals surface area contributed by atoms with E-state index in [1.165, 1.54) is 17.3 Å². The van der Waals surface area contributed by atoms with Crippen molar-refractivity contribution in [1.29, 1.82) is 0 Å². The van der Waals surface area contributed by atoms with Gasteiger partial charge in [0.25, 0.3) is 0 Å². The van der Waals surface area contributed by atoms with Crippen molar-refractivity contribution in [1.82, 2.24) is 14.9 Å². The fourth-order valence-electron chi connectivity index (χ4n) is 5.35. The normalized spacial score (nSPS) is 20.9. The minimum absolute atomic E-state index is 0.157. The Hall–Kier alpha value is -2.97. The average Bonchev–Trinajstić information content (AvgIpc) is 3.35. The van der Waals surface area contributed by atoms with E-state index in [2.05, 4.69) is 70.6 Å². The number of anilines is 4. The number of hydrogen-bond donors (Lipinski definition) is 2. The summed E-state index contributed by atoms with van der Waals surface area (Å²) in [6.45, 7) is 10.1. The Kier molecular flexibility index (Phi) is 7.53. The third-order valence-corrected chi connectivity index (χ3v) is 8.42. The Morgan fingerprint density at radius 1 is 1.14 bits per heavy atom. The zero-order valence-corrected chi connectivity index (χ0v) is 22.1. The molecule has 1 saturated heterocycles. The number of benzene rings is 1. The lowest BCUT2D eigenvalue weighted by Crippen LogP contribution is -2.44. The maximum absolute atomic E-state index is 11.7. The molecule has 7 nitrogen and oxygen atoms in total. The van der Waals surface area contributed by atoms with Gasteiger partial charge in [-0.25, -0.2) is 4.98 Å². The number of carbonyl (C=O) groups is 1. The molecule has 1 saturated carbocycles. The van der Waals surface area contributed by atoms with Crippen molar-refractivity contribution in [2.24, 2.45) is 5.92 Å². The molecule has 8 heteroatoms. The Bertz CT molecular complexity index is 1220. The minimum atomic E-state index is 0.157. The summed E-state index contributed by atoms with van der Waals surface area (Å²) >= 11 is 1.67. The number of aryl methyl sites for hydroxylation is 1. The fraction of sp³-hybridized carbons (Fsp3) is 0.464. The highest BCUT2D eigenvalue weighted by molar-refractivity contribution is 7.17. The van der Waals surface area contributed by atoms with Crippen molar-refractivity contribution in [3.63, 3.8) is 0 Å². The molecule has 2 fully saturated rings. The van der Waals surface area contributed by atoms with Crippen molar-refractivity contribution < 1.29 is 4.79 Å². The molecular weight excluding hydrogens is 468 g/mol. The smallest absolute Gasteiger partial charge is 0.229 e. The molecule has 5 rings (SSSR count). The van der Waals surface area contributed by atoms with E-state index in [9.17, 15) is 4.79 Å². The van der Waals surface area contributed by atoms with Gasteiger partial charge >= 0.3 is 0 Å². The summed E-state index contributed by atoms with van der Waals surface area (Å²) in [5, 5.41) is 9.21. The molecule has 3 heterocycles. The van der Waals surface area contributed by atoms with Gasteiger partial charge in [-0.3, -0.25) is 4.79 Å². The van der Waals surface area contributed by atoms with Crippen LogP contribution in [0.1, 0.15) is 37.7 Å². The molecule has 3 aromatic rings. The maximum atomic E-state index is 11.7. The van der Waals surface area contributed by atoms with E-state index < -0.39 is 0 Å². The van der Waals surface area contributed by atoms with Crippen LogP contribution in [0, 0.1) is 12.8 Å². The first-order valence-corrected chi connectivity index (χ1v) is 13.8. The van der Waals surface area contributed by atoms with Gasteiger partial charge in [0.15, 0.2) is 5.78 Å². The van der Waals surface area contributed by atoms with Crippen molar-refractivity contribution in [2.45, 2.75) is 45.1 Å². The van der Waals surface area contributed by atoms with E-state index in [4.69, 9.17) is 9.97 Å². The Morgan fingerprint density at radius 2 is 1.92 bits per heavy atom. The molecule has 36 heavy (non-hydrogen) atoms. The molecule has 2 N–H and O–H groups in total. The van der Waals surface area contributed by atoms with E-state index in [0.717, 1.165) is 73.6 Å². The van der Waals surface area contributed by atoms with Crippen molar-refractivity contribution in [3.05, 3.63) is 47.9 Å². The van der Waals surface area contributed by atoms with Crippen LogP contribution in [0.5, 0.6) is 0 Å². The van der Waals surface area contributed by atoms with E-state index in [-0.39, 0.29) is 5.78 Å². The molecule has 0 radical (unpaired) electrons. The number of likely N-dealkylation sites (N-methyl/N-ethyl adjacent to an activating group) is 1. The average molecular weight is 505 g/mol. The number of hydrogen-bond acceptors (Lipinski definition) is 8. The zero-order chi connectivity index (χ0) is 25.1. The van der Waals surface area contributed by atoms with Crippen LogP contribution >= 0.6 is 11.3 Å². The quantitative estimate of drug-likeness (QED) is 0.386. The predicted molar refractivity (Wildman–Crippen MR) is 151 cm³/mol. The van der Waals surface area contributed by atoms with E-state index in [1.807, 2.05) is 0 Å². The molecular formula is C28H36N6OS. The van der Waals surface area contributed by atoms with Crippen LogP contribution < -0.4 is 15.5 Å². The van der Waals surface area contributed by atoms with Crippen LogP contribution in [0.4, 0.5) is 23.1 Å². The standard InChI is InChI=1S/C28H36N6OS/c1-4-23(35)18-20-5-7-21(8-6-20)29-27-26-24(11-16-36-26)31-28(32-27)30-22-9-10-25(19(2)17-22)34-14-12-33(3)13-15-34/h4,9-11,16-17,20-21H,1,5-8,12-15,18H2,2-3H3,(H2,29,30,31,32). The van der Waals surface area contributed by atoms with Crippen LogP contribution in [0.3, 0.4) is 0 Å². The summed E-state index contributed by atoms with van der Waals surface area (Å²) in [4.78, 5) is 26.2. The molecule has 0 bridgehead atoms. The van der Waals surface area contributed by atoms with Crippen molar-refractivity contribution in [2.75, 3.05) is 48.8 Å². The molecule has 1 aliphatic heterocycles. The molecule has 2 aliphatic rings. The second-order valence-electron chi connectivity index (χ2n) is 10.2. The third kappa shape index (κ3) is 5.71. The number of aromatic nitrogens is 2. The lowest BCUT2D eigenvalue weighted by molar-refractivity contribution is -0.115. The number of ketones is 1. The van der Waals surface area contributed by atoms with Crippen molar-refractivity contribution >= 4 is 50.5 Å². The van der Waals surface area contributed by atoms with Gasteiger partial charge in [0.05, 0.1) is 10.2 Å². The topological polar surface area (TPSA) is 73.4 Å². The number of allylic oxidation sites excluding steroid dienone is 1. The minimum Gasteiger partial charge on any atom is -0.369 e. The van der Waals surface area contributed by atoms with Gasteiger partial charge < -0.3 is 20.4 Å². The zero-order valence-electron chi connectivity index (χ0n) is 21.3. The summed E-state index contributed by atoms with van der Waals surface area (Å²) in [5.41, 5.74) is 4.51. The van der Waals surface area contributed by atoms with Gasteiger partial charge in [-0.2, -0.15) is 4.98 Å². The van der Waals surface area contributed by atoms with E-state index >= 15 is 0 Å². The van der Waals surface area contributed by atoms with Crippen molar-refractivity contribution in [3.8, 4) is 0 Å². The number of piperazine rings is 1. The van der Waals surface area contributed by atoms with Crippen LogP contribution in [-0.4, -0.2) is 59.9 Å². The Balaban J connectivity index is 1.28. The number of fused-ring (bicyclic) bond motifs is 1. The van der Waals surface area contributed by atoms with Gasteiger partial charge in [0, 0.05) is 50.0 Å². The molecule has 0 unspecified atom stereocenters. The SMILES string of the molecule is C=CC(=O)CC1CCC(Nc2nc(Nc3ccc(N4CCN(C)CC4)c(C)c3)nc3ccsc23)CC1. The van der Waals surface area contributed by atoms with Gasteiger partial charge in [-0.05, 0) is 86.9 Å². The number of nitrogens with zero attached hydrogens (tertiary/aromatic N) is 4. The second kappa shape index (κ2) is 11.0. The summed E-state index contributed by atoms with van der Waals surface area (Å²) in [7, 11) is 2.18. The fourth-order valence-corrected chi connectivity index (χ4v) is 6.14. The molecule has 0 atom stereocenters. The van der Waals surface area contributed by atoms with Gasteiger partial charge in [0.2, 0.25) is 5.95 Å². The molecule has 0 amide bonds. The monoisotopic (exact) mass is 504 g/mol. The lowest BCUT2D eigenvalue weighted by Gasteiger charge is -2.35. The molecule has 0 spiro atoms.